The number of nitrogens with zero attached hydrogens (tertiary/aromatic N) is 1. The van der Waals surface area contributed by atoms with Gasteiger partial charge in [-0.1, -0.05) is 148 Å². The summed E-state index contributed by atoms with van der Waals surface area (Å²) >= 11 is 0. The van der Waals surface area contributed by atoms with E-state index in [0.717, 1.165) is 29.4 Å². The first-order chi connectivity index (χ1) is 21.6. The molecule has 5 aromatic carbocycles. The first-order valence-electron chi connectivity index (χ1n) is 16.1. The van der Waals surface area contributed by atoms with Crippen molar-refractivity contribution in [2.45, 2.75) is 70.6 Å². The van der Waals surface area contributed by atoms with Crippen molar-refractivity contribution in [3.63, 3.8) is 0 Å². The van der Waals surface area contributed by atoms with E-state index in [-0.39, 0.29) is 17.1 Å². The number of hydrogen-bond donors (Lipinski definition) is 2. The number of benzene rings is 5. The number of fused-ring (bicyclic) bond motifs is 1. The van der Waals surface area contributed by atoms with Gasteiger partial charge in [-0.25, -0.2) is 0 Å². The number of phenolic OH excluding ortho intramolecular Hbond substituents is 1. The van der Waals surface area contributed by atoms with E-state index >= 15 is 0 Å². The lowest BCUT2D eigenvalue weighted by molar-refractivity contribution is 0.0831. The van der Waals surface area contributed by atoms with E-state index in [1.807, 2.05) is 24.3 Å². The fourth-order valence-corrected chi connectivity index (χ4v) is 6.67. The van der Waals surface area contributed by atoms with E-state index in [0.29, 0.717) is 18.9 Å². The van der Waals surface area contributed by atoms with Crippen LogP contribution in [-0.2, 0) is 24.1 Å². The Hall–Kier alpha value is -3.74. The Morgan fingerprint density at radius 3 is 1.76 bits per heavy atom. The quantitative estimate of drug-likeness (QED) is 0.129. The molecule has 45 heavy (non-hydrogen) atoms. The van der Waals surface area contributed by atoms with Gasteiger partial charge >= 0.3 is 0 Å². The van der Waals surface area contributed by atoms with Crippen molar-refractivity contribution in [1.82, 2.24) is 10.2 Å². The predicted octanol–water partition coefficient (Wildman–Crippen LogP) is 9.47. The molecule has 0 saturated heterocycles. The minimum atomic E-state index is -2.11. The lowest BCUT2D eigenvalue weighted by Crippen LogP contribution is -2.50. The smallest absolute Gasteiger partial charge is 0.192 e. The fraction of sp³-hybridized carbons (Fsp3) is 0.300. The first kappa shape index (κ1) is 32.6. The van der Waals surface area contributed by atoms with E-state index in [4.69, 9.17) is 4.43 Å². The van der Waals surface area contributed by atoms with Crippen LogP contribution in [0.5, 0.6) is 5.75 Å². The monoisotopic (exact) mass is 616 g/mol. The summed E-state index contributed by atoms with van der Waals surface area (Å²) in [6.45, 7) is 14.2. The average Bonchev–Trinajstić information content (AvgIpc) is 3.04. The molecule has 5 heteroatoms. The number of phenols is 1. The molecule has 0 spiro atoms. The van der Waals surface area contributed by atoms with Gasteiger partial charge in [0.15, 0.2) is 8.32 Å². The van der Waals surface area contributed by atoms with Gasteiger partial charge in [0.1, 0.15) is 5.75 Å². The van der Waals surface area contributed by atoms with Gasteiger partial charge in [0, 0.05) is 30.6 Å². The van der Waals surface area contributed by atoms with E-state index < -0.39 is 8.32 Å². The van der Waals surface area contributed by atoms with Gasteiger partial charge in [-0.15, -0.1) is 0 Å². The molecule has 0 aliphatic heterocycles. The summed E-state index contributed by atoms with van der Waals surface area (Å²) in [6, 6.07) is 43.9. The molecule has 0 amide bonds. The topological polar surface area (TPSA) is 44.7 Å². The van der Waals surface area contributed by atoms with Gasteiger partial charge in [-0.2, -0.15) is 0 Å². The van der Waals surface area contributed by atoms with Crippen LogP contribution in [0.25, 0.3) is 10.8 Å². The molecule has 0 fully saturated rings. The molecule has 0 bridgehead atoms. The average molecular weight is 617 g/mol. The van der Waals surface area contributed by atoms with Crippen LogP contribution in [0.1, 0.15) is 49.1 Å². The third-order valence-electron chi connectivity index (χ3n) is 9.37. The molecule has 0 saturated carbocycles. The Kier molecular flexibility index (Phi) is 10.6. The molecule has 4 nitrogen and oxygen atoms in total. The minimum absolute atomic E-state index is 0.0687. The van der Waals surface area contributed by atoms with E-state index in [2.05, 4.69) is 147 Å². The molecule has 5 rings (SSSR count). The van der Waals surface area contributed by atoms with Crippen LogP contribution in [-0.4, -0.2) is 31.0 Å². The highest BCUT2D eigenvalue weighted by molar-refractivity contribution is 6.74. The Labute approximate surface area is 270 Å². The second kappa shape index (κ2) is 14.6. The fourth-order valence-electron chi connectivity index (χ4n) is 5.65. The van der Waals surface area contributed by atoms with E-state index in [1.54, 1.807) is 0 Å². The first-order valence-corrected chi connectivity index (χ1v) is 19.0. The van der Waals surface area contributed by atoms with Crippen LogP contribution in [0.3, 0.4) is 0 Å². The van der Waals surface area contributed by atoms with E-state index in [9.17, 15) is 5.11 Å². The number of nitrogens with one attached hydrogen (secondary N) is 1. The zero-order valence-corrected chi connectivity index (χ0v) is 28.4. The zero-order chi connectivity index (χ0) is 31.9. The minimum Gasteiger partial charge on any atom is -0.507 e. The van der Waals surface area contributed by atoms with Crippen LogP contribution >= 0.6 is 0 Å². The molecular weight excluding hydrogens is 569 g/mol. The highest BCUT2D eigenvalue weighted by Crippen LogP contribution is 2.39. The number of hydrogen-bond acceptors (Lipinski definition) is 4. The Morgan fingerprint density at radius 1 is 0.689 bits per heavy atom. The van der Waals surface area contributed by atoms with Gasteiger partial charge < -0.3 is 14.8 Å². The molecule has 5 aromatic rings. The van der Waals surface area contributed by atoms with Crippen molar-refractivity contribution in [1.29, 1.82) is 0 Å². The van der Waals surface area contributed by atoms with Crippen LogP contribution < -0.4 is 5.32 Å². The van der Waals surface area contributed by atoms with Gasteiger partial charge in [-0.05, 0) is 40.2 Å². The van der Waals surface area contributed by atoms with Crippen LogP contribution in [0, 0.1) is 0 Å². The lowest BCUT2D eigenvalue weighted by atomic mass is 9.93. The van der Waals surface area contributed by atoms with Gasteiger partial charge in [0.25, 0.3) is 0 Å². The largest absolute Gasteiger partial charge is 0.507 e. The van der Waals surface area contributed by atoms with Crippen molar-refractivity contribution in [3.05, 3.63) is 150 Å². The van der Waals surface area contributed by atoms with Crippen molar-refractivity contribution in [2.24, 2.45) is 0 Å². The molecule has 234 valence electrons. The molecule has 0 aliphatic rings. The Morgan fingerprint density at radius 2 is 1.20 bits per heavy atom. The summed E-state index contributed by atoms with van der Waals surface area (Å²) in [5, 5.41) is 17.8. The second-order valence-electron chi connectivity index (χ2n) is 13.6. The summed E-state index contributed by atoms with van der Waals surface area (Å²) in [5.74, 6) is 0.329. The predicted molar refractivity (Wildman–Crippen MR) is 191 cm³/mol. The second-order valence-corrected chi connectivity index (χ2v) is 18.4. The van der Waals surface area contributed by atoms with Crippen molar-refractivity contribution in [3.8, 4) is 5.75 Å². The Bertz CT molecular complexity index is 1590. The molecule has 2 N–H and O–H groups in total. The highest BCUT2D eigenvalue weighted by Gasteiger charge is 2.40. The Balaban J connectivity index is 1.64. The summed E-state index contributed by atoms with van der Waals surface area (Å²) in [4.78, 5) is 2.54. The van der Waals surface area contributed by atoms with Crippen molar-refractivity contribution in [2.75, 3.05) is 6.61 Å². The molecule has 0 aliphatic carbocycles. The third kappa shape index (κ3) is 8.30. The normalized spacial score (nSPS) is 13.6. The number of rotatable bonds is 13. The molecular formula is C40H48N2O2Si. The lowest BCUT2D eigenvalue weighted by Gasteiger charge is -2.42. The third-order valence-corrected chi connectivity index (χ3v) is 13.9. The summed E-state index contributed by atoms with van der Waals surface area (Å²) in [7, 11) is -2.11. The molecule has 0 unspecified atom stereocenters. The molecule has 0 aromatic heterocycles. The summed E-state index contributed by atoms with van der Waals surface area (Å²) < 4.78 is 7.07. The zero-order valence-electron chi connectivity index (χ0n) is 27.4. The summed E-state index contributed by atoms with van der Waals surface area (Å²) in [5.41, 5.74) is 4.58. The van der Waals surface area contributed by atoms with Crippen LogP contribution in [0.2, 0.25) is 18.1 Å². The number of aromatic hydroxyl groups is 1. The highest BCUT2D eigenvalue weighted by atomic mass is 28.4. The van der Waals surface area contributed by atoms with Crippen molar-refractivity contribution < 1.29 is 9.53 Å². The molecule has 0 radical (unpaired) electrons. The van der Waals surface area contributed by atoms with Crippen LogP contribution in [0.4, 0.5) is 0 Å². The standard InChI is InChI=1S/C40H48N2O2Si/c1-40(2,3)45(4,5)44-30-37(42(28-32-19-11-7-12-20-32)29-33-21-13-8-14-22-33)38(41-27-31-17-9-6-10-18-31)36-26-25-34-23-15-16-24-35(34)39(36)43/h6-26,37-38,41,43H,27-30H2,1-5H3/t37-,38+/m0/s1. The maximum atomic E-state index is 11.9. The molecule has 0 heterocycles. The molecule has 2 atom stereocenters. The van der Waals surface area contributed by atoms with Gasteiger partial charge in [-0.3, -0.25) is 4.90 Å². The van der Waals surface area contributed by atoms with E-state index in [1.165, 1.54) is 16.7 Å². The SMILES string of the molecule is CC(C)(C)[Si](C)(C)OC[C@@H]([C@H](NCc1ccccc1)c1ccc2ccccc2c1O)N(Cc1ccccc1)Cc1ccccc1. The van der Waals surface area contributed by atoms with Gasteiger partial charge in [0.05, 0.1) is 18.7 Å². The van der Waals surface area contributed by atoms with Crippen molar-refractivity contribution >= 4 is 19.1 Å². The van der Waals surface area contributed by atoms with Gasteiger partial charge in [0.2, 0.25) is 0 Å². The maximum absolute atomic E-state index is 11.9. The maximum Gasteiger partial charge on any atom is 0.192 e. The summed E-state index contributed by atoms with van der Waals surface area (Å²) in [6.07, 6.45) is 0. The van der Waals surface area contributed by atoms with Crippen LogP contribution in [0.15, 0.2) is 127 Å².